The van der Waals surface area contributed by atoms with Crippen molar-refractivity contribution in [3.8, 4) is 5.69 Å². The minimum atomic E-state index is -0.364. The van der Waals surface area contributed by atoms with Crippen molar-refractivity contribution in [1.82, 2.24) is 9.99 Å². The summed E-state index contributed by atoms with van der Waals surface area (Å²) in [5, 5.41) is 6.93. The highest BCUT2D eigenvalue weighted by molar-refractivity contribution is 5.91. The van der Waals surface area contributed by atoms with Gasteiger partial charge in [-0.2, -0.15) is 5.10 Å². The molecule has 0 saturated heterocycles. The third-order valence-electron chi connectivity index (χ3n) is 5.25. The van der Waals surface area contributed by atoms with Crippen LogP contribution in [0.15, 0.2) is 59.7 Å². The summed E-state index contributed by atoms with van der Waals surface area (Å²) in [6, 6.07) is 18.1. The van der Waals surface area contributed by atoms with Crippen LogP contribution in [0.5, 0.6) is 0 Å². The first-order valence-electron chi connectivity index (χ1n) is 10.4. The van der Waals surface area contributed by atoms with Gasteiger partial charge >= 0.3 is 6.03 Å². The number of anilines is 1. The van der Waals surface area contributed by atoms with Gasteiger partial charge in [0.1, 0.15) is 0 Å². The summed E-state index contributed by atoms with van der Waals surface area (Å²) in [6.07, 6.45) is 5.23. The molecule has 2 N–H and O–H groups in total. The van der Waals surface area contributed by atoms with Gasteiger partial charge in [0.25, 0.3) is 0 Å². The lowest BCUT2D eigenvalue weighted by Crippen LogP contribution is -2.24. The van der Waals surface area contributed by atoms with Crippen molar-refractivity contribution in [2.24, 2.45) is 5.10 Å². The van der Waals surface area contributed by atoms with Crippen LogP contribution in [0.4, 0.5) is 10.5 Å². The molecule has 0 atom stereocenters. The molecule has 0 spiro atoms. The van der Waals surface area contributed by atoms with Crippen LogP contribution in [-0.4, -0.2) is 16.8 Å². The first-order valence-corrected chi connectivity index (χ1v) is 10.4. The molecular weight excluding hydrogens is 372 g/mol. The van der Waals surface area contributed by atoms with Crippen LogP contribution in [0.3, 0.4) is 0 Å². The average Bonchev–Trinajstić information content (AvgIpc) is 3.02. The normalized spacial score (nSPS) is 11.1. The molecule has 156 valence electrons. The minimum absolute atomic E-state index is 0.364. The molecule has 0 bridgehead atoms. The lowest BCUT2D eigenvalue weighted by molar-refractivity contribution is 0.252. The van der Waals surface area contributed by atoms with Crippen molar-refractivity contribution in [3.05, 3.63) is 82.7 Å². The van der Waals surface area contributed by atoms with Gasteiger partial charge in [0.15, 0.2) is 0 Å². The van der Waals surface area contributed by atoms with E-state index in [0.717, 1.165) is 40.3 Å². The molecule has 2 amide bonds. The molecule has 30 heavy (non-hydrogen) atoms. The Morgan fingerprint density at radius 2 is 1.80 bits per heavy atom. The molecule has 0 fully saturated rings. The number of nitrogens with zero attached hydrogens (tertiary/aromatic N) is 2. The Balaban J connectivity index is 1.68. The van der Waals surface area contributed by atoms with Gasteiger partial charge in [-0.1, -0.05) is 43.7 Å². The average molecular weight is 403 g/mol. The van der Waals surface area contributed by atoms with Gasteiger partial charge in [-0.05, 0) is 69.0 Å². The summed E-state index contributed by atoms with van der Waals surface area (Å²) < 4.78 is 2.21. The molecular formula is C25H30N4O. The summed E-state index contributed by atoms with van der Waals surface area (Å²) in [5.41, 5.74) is 9.99. The van der Waals surface area contributed by atoms with E-state index in [0.29, 0.717) is 0 Å². The van der Waals surface area contributed by atoms with Crippen molar-refractivity contribution in [1.29, 1.82) is 0 Å². The highest BCUT2D eigenvalue weighted by Gasteiger charge is 2.10. The van der Waals surface area contributed by atoms with Gasteiger partial charge in [0.05, 0.1) is 6.21 Å². The molecule has 0 saturated carbocycles. The number of benzene rings is 2. The number of amides is 2. The number of hydrogen-bond acceptors (Lipinski definition) is 2. The Bertz CT molecular complexity index is 1030. The Morgan fingerprint density at radius 3 is 2.50 bits per heavy atom. The molecule has 0 aliphatic rings. The van der Waals surface area contributed by atoms with Crippen molar-refractivity contribution in [3.63, 3.8) is 0 Å². The number of hydrazone groups is 1. The van der Waals surface area contributed by atoms with Crippen LogP contribution in [0.1, 0.15) is 47.8 Å². The number of urea groups is 1. The number of unbranched alkanes of at least 4 members (excludes halogenated alkanes) is 1. The molecule has 0 aliphatic heterocycles. The molecule has 0 unspecified atom stereocenters. The molecule has 1 heterocycles. The molecule has 3 aromatic rings. The van der Waals surface area contributed by atoms with E-state index in [9.17, 15) is 4.79 Å². The number of hydrogen-bond donors (Lipinski definition) is 2. The Labute approximate surface area is 178 Å². The van der Waals surface area contributed by atoms with Gasteiger partial charge in [-0.3, -0.25) is 0 Å². The maximum Gasteiger partial charge on any atom is 0.339 e. The number of aromatic nitrogens is 1. The van der Waals surface area contributed by atoms with E-state index in [2.05, 4.69) is 71.5 Å². The Kier molecular flexibility index (Phi) is 7.07. The highest BCUT2D eigenvalue weighted by Crippen LogP contribution is 2.21. The zero-order chi connectivity index (χ0) is 21.5. The smallest absolute Gasteiger partial charge is 0.318 e. The minimum Gasteiger partial charge on any atom is -0.318 e. The maximum absolute atomic E-state index is 12.1. The zero-order valence-electron chi connectivity index (χ0n) is 18.2. The number of nitrogens with one attached hydrogen (secondary N) is 2. The van der Waals surface area contributed by atoms with Crippen molar-refractivity contribution >= 4 is 17.9 Å². The van der Waals surface area contributed by atoms with Crippen LogP contribution in [0, 0.1) is 20.8 Å². The Hall–Kier alpha value is -3.34. The SMILES string of the molecule is CCCCc1ccc(-n2c(C)cc(C=NNC(=O)Nc3ccccc3C)c2C)cc1. The summed E-state index contributed by atoms with van der Waals surface area (Å²) in [4.78, 5) is 12.1. The number of aryl methyl sites for hydroxylation is 3. The summed E-state index contributed by atoms with van der Waals surface area (Å²) in [5.74, 6) is 0. The standard InChI is InChI=1S/C25H30N4O/c1-5-6-10-21-12-14-23(15-13-21)29-19(3)16-22(20(29)4)17-26-28-25(30)27-24-11-8-7-9-18(24)2/h7-9,11-17H,5-6,10H2,1-4H3,(H2,27,28,30). The van der Waals surface area contributed by atoms with Gasteiger partial charge in [-0.25, -0.2) is 10.2 Å². The van der Waals surface area contributed by atoms with Gasteiger partial charge < -0.3 is 9.88 Å². The Morgan fingerprint density at radius 1 is 1.07 bits per heavy atom. The quantitative estimate of drug-likeness (QED) is 0.375. The topological polar surface area (TPSA) is 58.4 Å². The third kappa shape index (κ3) is 5.17. The van der Waals surface area contributed by atoms with Crippen molar-refractivity contribution in [2.45, 2.75) is 47.0 Å². The summed E-state index contributed by atoms with van der Waals surface area (Å²) in [7, 11) is 0. The number of para-hydroxylation sites is 1. The fraction of sp³-hybridized carbons (Fsp3) is 0.280. The van der Waals surface area contributed by atoms with Gasteiger partial charge in [-0.15, -0.1) is 0 Å². The molecule has 0 aliphatic carbocycles. The van der Waals surface area contributed by atoms with Crippen LogP contribution >= 0.6 is 0 Å². The van der Waals surface area contributed by atoms with Gasteiger partial charge in [0.2, 0.25) is 0 Å². The number of rotatable bonds is 7. The predicted molar refractivity (Wildman–Crippen MR) is 125 cm³/mol. The first kappa shape index (κ1) is 21.4. The van der Waals surface area contributed by atoms with Crippen molar-refractivity contribution < 1.29 is 4.79 Å². The third-order valence-corrected chi connectivity index (χ3v) is 5.25. The van der Waals surface area contributed by atoms with E-state index in [1.54, 1.807) is 6.21 Å². The fourth-order valence-electron chi connectivity index (χ4n) is 3.53. The lowest BCUT2D eigenvalue weighted by atomic mass is 10.1. The number of carbonyl (C=O) groups is 1. The molecule has 1 aromatic heterocycles. The maximum atomic E-state index is 12.1. The second-order valence-electron chi connectivity index (χ2n) is 7.57. The summed E-state index contributed by atoms with van der Waals surface area (Å²) in [6.45, 7) is 8.30. The molecule has 3 rings (SSSR count). The van der Waals surface area contributed by atoms with Crippen LogP contribution < -0.4 is 10.7 Å². The lowest BCUT2D eigenvalue weighted by Gasteiger charge is -2.10. The molecule has 0 radical (unpaired) electrons. The molecule has 2 aromatic carbocycles. The van der Waals surface area contributed by atoms with Gasteiger partial charge in [0, 0.05) is 28.3 Å². The highest BCUT2D eigenvalue weighted by atomic mass is 16.2. The van der Waals surface area contributed by atoms with Crippen molar-refractivity contribution in [2.75, 3.05) is 5.32 Å². The van der Waals surface area contributed by atoms with E-state index in [-0.39, 0.29) is 6.03 Å². The van der Waals surface area contributed by atoms with E-state index >= 15 is 0 Å². The van der Waals surface area contributed by atoms with Crippen LogP contribution in [0.25, 0.3) is 5.69 Å². The van der Waals surface area contributed by atoms with Crippen LogP contribution in [0.2, 0.25) is 0 Å². The van der Waals surface area contributed by atoms with E-state index < -0.39 is 0 Å². The predicted octanol–water partition coefficient (Wildman–Crippen LogP) is 5.90. The van der Waals surface area contributed by atoms with E-state index in [1.807, 2.05) is 31.2 Å². The number of carbonyl (C=O) groups excluding carboxylic acids is 1. The second kappa shape index (κ2) is 9.92. The molecule has 5 nitrogen and oxygen atoms in total. The van der Waals surface area contributed by atoms with E-state index in [4.69, 9.17) is 0 Å². The fourth-order valence-corrected chi connectivity index (χ4v) is 3.53. The largest absolute Gasteiger partial charge is 0.339 e. The second-order valence-corrected chi connectivity index (χ2v) is 7.57. The first-order chi connectivity index (χ1) is 14.5. The zero-order valence-corrected chi connectivity index (χ0v) is 18.2. The summed E-state index contributed by atoms with van der Waals surface area (Å²) >= 11 is 0. The van der Waals surface area contributed by atoms with E-state index in [1.165, 1.54) is 18.4 Å². The van der Waals surface area contributed by atoms with Crippen LogP contribution in [-0.2, 0) is 6.42 Å². The molecule has 5 heteroatoms. The monoisotopic (exact) mass is 402 g/mol.